The van der Waals surface area contributed by atoms with E-state index in [1.54, 1.807) is 0 Å². The van der Waals surface area contributed by atoms with E-state index in [1.807, 2.05) is 155 Å². The Kier molecular flexibility index (Phi) is 22.8. The van der Waals surface area contributed by atoms with E-state index >= 15 is 0 Å². The van der Waals surface area contributed by atoms with E-state index in [1.165, 1.54) is 59.9 Å². The maximum atomic E-state index is 5.07. The van der Waals surface area contributed by atoms with Crippen LogP contribution in [0.25, 0.3) is 229 Å². The Morgan fingerprint density at radius 2 is 0.426 bits per heavy atom. The van der Waals surface area contributed by atoms with Crippen LogP contribution >= 0.6 is 0 Å². The maximum absolute atomic E-state index is 5.07. The van der Waals surface area contributed by atoms with E-state index in [9.17, 15) is 0 Å². The Balaban J connectivity index is 0.000000123. The molecule has 0 fully saturated rings. The van der Waals surface area contributed by atoms with Gasteiger partial charge in [0.25, 0.3) is 0 Å². The van der Waals surface area contributed by atoms with E-state index in [0.29, 0.717) is 0 Å². The van der Waals surface area contributed by atoms with E-state index in [0.717, 1.165) is 169 Å². The van der Waals surface area contributed by atoms with Gasteiger partial charge in [0, 0.05) is 135 Å². The van der Waals surface area contributed by atoms with Crippen molar-refractivity contribution in [3.05, 3.63) is 534 Å². The molecule has 26 aromatic rings. The standard InChI is InChI=1S/C60H41N7.C35H24N2.C34H23N3/c1-4-14-50(15-5-1)65-40-48(55-20-10-12-34-61-55)38-57(63-65)44-26-22-42(23-27-44)46-30-32-59-53(36-46)54-37-47(31-33-60(54)67(59)52-18-8-3-9-19-52)43-24-28-45(29-25-43)58-39-49(56-21-11-13-35-62-56)41-66(64-58)51-16-6-2-7-17-51;1-3-11-26(12-4-1)32-23-28(24-33(36-32)27-13-5-2-6-14-27)25-19-21-29(22-20-25)37-34-17-9-7-15-30(34)31-16-8-10-18-35(31)37;1-3-11-24(12-4-1)30-23-31(36-34(35-30)26-13-5-2-6-14-26)25-19-21-27(22-20-25)37-32-17-9-7-15-28(32)29-16-8-10-18-33(29)37/h1-41H;1-24H;1-23H/q+2;;. The minimum atomic E-state index is 0.725. The second-order valence-electron chi connectivity index (χ2n) is 34.9. The van der Waals surface area contributed by atoms with Crippen LogP contribution in [-0.2, 0) is 0 Å². The number of hydrogen-bond donors (Lipinski definition) is 0. The fourth-order valence-corrected chi connectivity index (χ4v) is 19.2. The van der Waals surface area contributed by atoms with Crippen molar-refractivity contribution in [2.24, 2.45) is 0 Å². The molecular weight excluding hydrogens is 1720 g/mol. The molecule has 662 valence electrons. The van der Waals surface area contributed by atoms with Crippen LogP contribution in [0.3, 0.4) is 0 Å². The monoisotopic (exact) mass is 1800 g/mol. The summed E-state index contributed by atoms with van der Waals surface area (Å²) in [6, 6.07) is 178. The molecule has 9 aromatic heterocycles. The third-order valence-electron chi connectivity index (χ3n) is 26.1. The van der Waals surface area contributed by atoms with Crippen LogP contribution in [0.2, 0.25) is 0 Å². The first-order valence-corrected chi connectivity index (χ1v) is 47.4. The lowest BCUT2D eigenvalue weighted by Crippen LogP contribution is -2.35. The smallest absolute Gasteiger partial charge is 0.238 e. The van der Waals surface area contributed by atoms with Gasteiger partial charge in [-0.2, -0.15) is 0 Å². The predicted molar refractivity (Wildman–Crippen MR) is 575 cm³/mol. The third kappa shape index (κ3) is 17.2. The number of rotatable bonds is 17. The Bertz CT molecular complexity index is 8160. The molecule has 17 aromatic carbocycles. The molecule has 12 heteroatoms. The lowest BCUT2D eigenvalue weighted by molar-refractivity contribution is -0.658. The van der Waals surface area contributed by atoms with Crippen LogP contribution in [0.1, 0.15) is 0 Å². The van der Waals surface area contributed by atoms with Crippen LogP contribution in [0.5, 0.6) is 0 Å². The van der Waals surface area contributed by atoms with Gasteiger partial charge in [0.05, 0.1) is 78.4 Å². The molecule has 12 nitrogen and oxygen atoms in total. The topological polar surface area (TPSA) is 113 Å². The number of nitrogens with zero attached hydrogens (tertiary/aromatic N) is 12. The highest BCUT2D eigenvalue weighted by atomic mass is 15.3. The van der Waals surface area contributed by atoms with Gasteiger partial charge < -0.3 is 13.7 Å². The van der Waals surface area contributed by atoms with Crippen molar-refractivity contribution in [1.82, 2.24) is 48.8 Å². The summed E-state index contributed by atoms with van der Waals surface area (Å²) in [7, 11) is 0. The average Bonchev–Trinajstić information content (AvgIpc) is 1.56. The Morgan fingerprint density at radius 3 is 0.801 bits per heavy atom. The third-order valence-corrected chi connectivity index (χ3v) is 26.1. The van der Waals surface area contributed by atoms with Crippen molar-refractivity contribution in [2.75, 3.05) is 0 Å². The first-order valence-electron chi connectivity index (χ1n) is 47.4. The van der Waals surface area contributed by atoms with E-state index < -0.39 is 0 Å². The molecule has 141 heavy (non-hydrogen) atoms. The summed E-state index contributed by atoms with van der Waals surface area (Å²) in [5.74, 6) is 0.725. The van der Waals surface area contributed by atoms with E-state index in [-0.39, 0.29) is 0 Å². The second-order valence-corrected chi connectivity index (χ2v) is 34.9. The SMILES string of the molecule is c1ccc(-c2cc(-c3ccc(-n4c5ccccc5c5ccccc54)cc3)cc(-c3ccccc3)n2)cc1.c1ccc(-c2cc(-c3ccc(-n4c5ccccc5c5ccccc54)cc3)nc(-c3ccccc3)n2)cc1.c1ccc(-n2c3ccc(-c4ccc(-c5cc(-c6ccccn6)c[n+](-c6ccccc6)n5)cc4)cc3c3cc(-c4ccc(-c5cc(-c6ccccn6)c[n+](-c6ccccc6)n5)cc4)ccc32)cc1. The predicted octanol–water partition coefficient (Wildman–Crippen LogP) is 30.7. The normalized spacial score (nSPS) is 11.3. The van der Waals surface area contributed by atoms with E-state index in [2.05, 4.69) is 412 Å². The van der Waals surface area contributed by atoms with Gasteiger partial charge in [-0.3, -0.25) is 9.97 Å². The quantitative estimate of drug-likeness (QED) is 0.0835. The molecule has 26 rings (SSSR count). The van der Waals surface area contributed by atoms with Gasteiger partial charge in [0.1, 0.15) is 11.4 Å². The molecule has 0 amide bonds. The Labute approximate surface area is 815 Å². The summed E-state index contributed by atoms with van der Waals surface area (Å²) in [6.45, 7) is 0. The summed E-state index contributed by atoms with van der Waals surface area (Å²) < 4.78 is 10.9. The minimum Gasteiger partial charge on any atom is -0.309 e. The summed E-state index contributed by atoms with van der Waals surface area (Å²) in [4.78, 5) is 24.2. The molecule has 0 aliphatic rings. The molecule has 0 bridgehead atoms. The van der Waals surface area contributed by atoms with Crippen LogP contribution in [0.4, 0.5) is 0 Å². The van der Waals surface area contributed by atoms with Gasteiger partial charge in [-0.05, 0) is 173 Å². The van der Waals surface area contributed by atoms with Crippen LogP contribution < -0.4 is 9.36 Å². The van der Waals surface area contributed by atoms with Crippen LogP contribution in [0.15, 0.2) is 534 Å². The highest BCUT2D eigenvalue weighted by molar-refractivity contribution is 6.13. The van der Waals surface area contributed by atoms with Gasteiger partial charge >= 0.3 is 0 Å². The van der Waals surface area contributed by atoms with E-state index in [4.69, 9.17) is 25.1 Å². The van der Waals surface area contributed by atoms with Gasteiger partial charge in [0.15, 0.2) is 5.82 Å². The fraction of sp³-hybridized carbons (Fsp3) is 0. The maximum Gasteiger partial charge on any atom is 0.238 e. The average molecular weight is 1810 g/mol. The number of fused-ring (bicyclic) bond motifs is 9. The number of hydrogen-bond acceptors (Lipinski definition) is 7. The fourth-order valence-electron chi connectivity index (χ4n) is 19.2. The van der Waals surface area contributed by atoms with Crippen molar-refractivity contribution in [1.29, 1.82) is 0 Å². The van der Waals surface area contributed by atoms with Gasteiger partial charge in [-0.1, -0.05) is 355 Å². The van der Waals surface area contributed by atoms with Crippen molar-refractivity contribution < 1.29 is 9.36 Å². The molecule has 0 spiro atoms. The summed E-state index contributed by atoms with van der Waals surface area (Å²) in [6.07, 6.45) is 7.74. The highest BCUT2D eigenvalue weighted by Gasteiger charge is 2.24. The van der Waals surface area contributed by atoms with Crippen molar-refractivity contribution in [3.8, 4) is 163 Å². The minimum absolute atomic E-state index is 0.725. The number of aromatic nitrogens is 12. The van der Waals surface area contributed by atoms with Gasteiger partial charge in [0.2, 0.25) is 23.8 Å². The molecule has 0 saturated heterocycles. The molecule has 0 atom stereocenters. The molecule has 0 radical (unpaired) electrons. The summed E-state index contributed by atoms with van der Waals surface area (Å²) in [5.41, 5.74) is 36.1. The molecule has 0 aliphatic carbocycles. The molecule has 0 N–H and O–H groups in total. The first kappa shape index (κ1) is 84.8. The zero-order valence-electron chi connectivity index (χ0n) is 76.7. The second kappa shape index (κ2) is 37.9. The highest BCUT2D eigenvalue weighted by Crippen LogP contribution is 2.42. The lowest BCUT2D eigenvalue weighted by Gasteiger charge is -2.12. The molecule has 0 saturated carbocycles. The zero-order valence-corrected chi connectivity index (χ0v) is 76.7. The van der Waals surface area contributed by atoms with Crippen molar-refractivity contribution in [2.45, 2.75) is 0 Å². The summed E-state index contributed by atoms with van der Waals surface area (Å²) >= 11 is 0. The Hall–Kier alpha value is -19.2. The molecule has 9 heterocycles. The zero-order chi connectivity index (χ0) is 93.7. The van der Waals surface area contributed by atoms with Crippen LogP contribution in [-0.4, -0.2) is 48.8 Å². The largest absolute Gasteiger partial charge is 0.309 e. The number of pyridine rings is 3. The molecular formula is C129H88N12+2. The summed E-state index contributed by atoms with van der Waals surface area (Å²) in [5, 5.41) is 17.6. The molecule has 0 unspecified atom stereocenters. The van der Waals surface area contributed by atoms with Gasteiger partial charge in [-0.15, -0.1) is 0 Å². The van der Waals surface area contributed by atoms with Gasteiger partial charge in [-0.25, -0.2) is 15.0 Å². The first-order chi connectivity index (χ1) is 69.9. The van der Waals surface area contributed by atoms with Crippen molar-refractivity contribution >= 4 is 65.4 Å². The van der Waals surface area contributed by atoms with Crippen LogP contribution in [0, 0.1) is 0 Å². The molecule has 0 aliphatic heterocycles. The Morgan fingerprint density at radius 1 is 0.156 bits per heavy atom. The number of para-hydroxylation sites is 7. The van der Waals surface area contributed by atoms with Crippen molar-refractivity contribution in [3.63, 3.8) is 0 Å². The lowest BCUT2D eigenvalue weighted by atomic mass is 9.98. The number of benzene rings is 17.